The van der Waals surface area contributed by atoms with Crippen molar-refractivity contribution >= 4 is 16.2 Å². The Balaban J connectivity index is 2.14. The summed E-state index contributed by atoms with van der Waals surface area (Å²) < 4.78 is 68.4. The molecule has 0 aromatic heterocycles. The molecule has 11 heteroatoms. The van der Waals surface area contributed by atoms with Crippen molar-refractivity contribution in [2.75, 3.05) is 0 Å². The Hall–Kier alpha value is -1.49. The average Bonchev–Trinajstić information content (AvgIpc) is 2.35. The molecular formula is C12H16F3NO6S. The summed E-state index contributed by atoms with van der Waals surface area (Å²) in [4.78, 5) is 17.2. The van der Waals surface area contributed by atoms with Gasteiger partial charge < -0.3 is 8.92 Å². The summed E-state index contributed by atoms with van der Waals surface area (Å²) in [6, 6.07) is -0.756. The summed E-state index contributed by atoms with van der Waals surface area (Å²) in [6.07, 6.45) is -0.150. The van der Waals surface area contributed by atoms with Crippen LogP contribution in [0.2, 0.25) is 0 Å². The van der Waals surface area contributed by atoms with Crippen LogP contribution in [0.15, 0.2) is 11.8 Å². The first-order chi connectivity index (χ1) is 10.3. The molecule has 1 saturated heterocycles. The molecule has 1 amide bonds. The molecular weight excluding hydrogens is 343 g/mol. The Kier molecular flexibility index (Phi) is 4.31. The van der Waals surface area contributed by atoms with Gasteiger partial charge in [-0.15, -0.1) is 0 Å². The van der Waals surface area contributed by atoms with Gasteiger partial charge in [-0.3, -0.25) is 4.84 Å². The Morgan fingerprint density at radius 3 is 2.35 bits per heavy atom. The van der Waals surface area contributed by atoms with Crippen molar-refractivity contribution in [3.05, 3.63) is 11.8 Å². The molecule has 2 atom stereocenters. The molecule has 132 valence electrons. The van der Waals surface area contributed by atoms with E-state index in [0.29, 0.717) is 6.42 Å². The van der Waals surface area contributed by atoms with E-state index in [4.69, 9.17) is 9.57 Å². The summed E-state index contributed by atoms with van der Waals surface area (Å²) in [5.74, 6) is -0.474. The van der Waals surface area contributed by atoms with E-state index < -0.39 is 45.2 Å². The number of rotatable bonds is 2. The number of fused-ring (bicyclic) bond motifs is 2. The second kappa shape index (κ2) is 5.55. The van der Waals surface area contributed by atoms with Gasteiger partial charge in [-0.1, -0.05) is 0 Å². The van der Waals surface area contributed by atoms with Crippen molar-refractivity contribution < 1.29 is 40.1 Å². The Labute approximate surface area is 131 Å². The number of carbonyl (C=O) groups excluding carboxylic acids is 1. The number of halogens is 3. The summed E-state index contributed by atoms with van der Waals surface area (Å²) in [6.45, 7) is 4.94. The van der Waals surface area contributed by atoms with Crippen molar-refractivity contribution in [2.24, 2.45) is 0 Å². The lowest BCUT2D eigenvalue weighted by molar-refractivity contribution is -0.225. The highest BCUT2D eigenvalue weighted by atomic mass is 32.2. The number of hydrogen-bond acceptors (Lipinski definition) is 6. The number of alkyl halides is 3. The van der Waals surface area contributed by atoms with Crippen LogP contribution in [0.1, 0.15) is 33.6 Å². The van der Waals surface area contributed by atoms with Gasteiger partial charge in [-0.05, 0) is 39.7 Å². The van der Waals surface area contributed by atoms with Gasteiger partial charge in [-0.25, -0.2) is 4.79 Å². The standard InChI is InChI=1S/C12H16F3NO6S/c1-11(2,3)20-10(17)16-7-4-5-8(21-16)9(6-7)22-23(18,19)12(13,14)15/h6-8H,4-5H2,1-3H3/t7-,8+/m1/s1. The van der Waals surface area contributed by atoms with Gasteiger partial charge in [0, 0.05) is 0 Å². The predicted octanol–water partition coefficient (Wildman–Crippen LogP) is 2.45. The summed E-state index contributed by atoms with van der Waals surface area (Å²) in [7, 11) is -5.77. The third kappa shape index (κ3) is 3.89. The molecule has 2 bridgehead atoms. The predicted molar refractivity (Wildman–Crippen MR) is 70.1 cm³/mol. The van der Waals surface area contributed by atoms with Crippen LogP contribution >= 0.6 is 0 Å². The van der Waals surface area contributed by atoms with E-state index in [0.717, 1.165) is 11.1 Å². The van der Waals surface area contributed by atoms with E-state index in [9.17, 15) is 26.4 Å². The zero-order chi connectivity index (χ0) is 17.6. The van der Waals surface area contributed by atoms with Gasteiger partial charge in [0.15, 0.2) is 0 Å². The van der Waals surface area contributed by atoms with Crippen molar-refractivity contribution in [1.82, 2.24) is 5.06 Å². The summed E-state index contributed by atoms with van der Waals surface area (Å²) >= 11 is 0. The van der Waals surface area contributed by atoms with Gasteiger partial charge in [0.05, 0.1) is 6.04 Å². The highest BCUT2D eigenvalue weighted by molar-refractivity contribution is 7.87. The van der Waals surface area contributed by atoms with Crippen LogP contribution in [0.3, 0.4) is 0 Å². The van der Waals surface area contributed by atoms with E-state index in [1.54, 1.807) is 20.8 Å². The molecule has 3 rings (SSSR count). The van der Waals surface area contributed by atoms with E-state index in [1.807, 2.05) is 0 Å². The SMILES string of the molecule is CC(C)(C)OC(=O)N1O[C@H]2CC[C@@H]1C=C2OS(=O)(=O)C(F)(F)F. The number of hydroxylamine groups is 2. The van der Waals surface area contributed by atoms with Crippen LogP contribution in [-0.2, 0) is 23.9 Å². The molecule has 0 radical (unpaired) electrons. The molecule has 23 heavy (non-hydrogen) atoms. The zero-order valence-electron chi connectivity index (χ0n) is 12.6. The van der Waals surface area contributed by atoms with Crippen molar-refractivity contribution in [2.45, 2.75) is 56.9 Å². The number of amides is 1. The van der Waals surface area contributed by atoms with Gasteiger partial charge >= 0.3 is 21.7 Å². The Morgan fingerprint density at radius 2 is 1.91 bits per heavy atom. The minimum absolute atomic E-state index is 0.225. The average molecular weight is 359 g/mol. The van der Waals surface area contributed by atoms with E-state index in [2.05, 4.69) is 4.18 Å². The van der Waals surface area contributed by atoms with Gasteiger partial charge in [0.25, 0.3) is 0 Å². The maximum Gasteiger partial charge on any atom is 0.534 e. The molecule has 2 aliphatic heterocycles. The Morgan fingerprint density at radius 1 is 1.30 bits per heavy atom. The van der Waals surface area contributed by atoms with Crippen LogP contribution in [0.5, 0.6) is 0 Å². The molecule has 1 aliphatic carbocycles. The lowest BCUT2D eigenvalue weighted by Crippen LogP contribution is -2.52. The fourth-order valence-electron chi connectivity index (χ4n) is 2.09. The minimum atomic E-state index is -5.77. The largest absolute Gasteiger partial charge is 0.534 e. The molecule has 0 saturated carbocycles. The molecule has 0 aromatic rings. The number of ether oxygens (including phenoxy) is 1. The molecule has 7 nitrogen and oxygen atoms in total. The second-order valence-electron chi connectivity index (χ2n) is 6.10. The van der Waals surface area contributed by atoms with Crippen molar-refractivity contribution in [3.63, 3.8) is 0 Å². The monoisotopic (exact) mass is 359 g/mol. The molecule has 0 spiro atoms. The molecule has 0 N–H and O–H groups in total. The Bertz CT molecular complexity index is 622. The lowest BCUT2D eigenvalue weighted by atomic mass is 9.97. The minimum Gasteiger partial charge on any atom is -0.442 e. The molecule has 0 unspecified atom stereocenters. The second-order valence-corrected chi connectivity index (χ2v) is 7.63. The van der Waals surface area contributed by atoms with E-state index in [-0.39, 0.29) is 6.42 Å². The maximum absolute atomic E-state index is 12.4. The van der Waals surface area contributed by atoms with Crippen molar-refractivity contribution in [3.8, 4) is 0 Å². The molecule has 2 heterocycles. The van der Waals surface area contributed by atoms with Gasteiger partial charge in [-0.2, -0.15) is 26.7 Å². The van der Waals surface area contributed by atoms with Crippen LogP contribution in [-0.4, -0.2) is 42.8 Å². The van der Waals surface area contributed by atoms with Crippen LogP contribution in [0.25, 0.3) is 0 Å². The molecule has 1 fully saturated rings. The zero-order valence-corrected chi connectivity index (χ0v) is 13.4. The fraction of sp³-hybridized carbons (Fsp3) is 0.750. The lowest BCUT2D eigenvalue weighted by Gasteiger charge is -2.42. The normalized spacial score (nSPS) is 25.1. The highest BCUT2D eigenvalue weighted by Crippen LogP contribution is 2.37. The number of hydrogen-bond donors (Lipinski definition) is 0. The van der Waals surface area contributed by atoms with E-state index >= 15 is 0 Å². The van der Waals surface area contributed by atoms with Crippen LogP contribution in [0, 0.1) is 0 Å². The smallest absolute Gasteiger partial charge is 0.442 e. The fourth-order valence-corrected chi connectivity index (χ4v) is 2.60. The molecule has 3 aliphatic rings. The van der Waals surface area contributed by atoms with E-state index in [1.165, 1.54) is 0 Å². The third-order valence-electron chi connectivity index (χ3n) is 3.00. The van der Waals surface area contributed by atoms with Crippen LogP contribution in [0.4, 0.5) is 18.0 Å². The number of nitrogens with zero attached hydrogens (tertiary/aromatic N) is 1. The summed E-state index contributed by atoms with van der Waals surface area (Å²) in [5.41, 5.74) is -6.31. The highest BCUT2D eigenvalue weighted by Gasteiger charge is 2.51. The van der Waals surface area contributed by atoms with Gasteiger partial charge in [0.1, 0.15) is 17.5 Å². The first kappa shape index (κ1) is 17.9. The summed E-state index contributed by atoms with van der Waals surface area (Å²) in [5, 5.41) is 0.881. The molecule has 0 aromatic carbocycles. The van der Waals surface area contributed by atoms with Gasteiger partial charge in [0.2, 0.25) is 0 Å². The first-order valence-electron chi connectivity index (χ1n) is 6.71. The van der Waals surface area contributed by atoms with Crippen LogP contribution < -0.4 is 0 Å². The first-order valence-corrected chi connectivity index (χ1v) is 8.12. The topological polar surface area (TPSA) is 82.1 Å². The third-order valence-corrected chi connectivity index (χ3v) is 3.98. The van der Waals surface area contributed by atoms with Crippen molar-refractivity contribution in [1.29, 1.82) is 0 Å². The quantitative estimate of drug-likeness (QED) is 0.556. The number of carbonyl (C=O) groups is 1. The maximum atomic E-state index is 12.4.